The number of hydrogen-bond donors (Lipinski definition) is 2. The normalized spacial score (nSPS) is 10.2. The fourth-order valence-corrected chi connectivity index (χ4v) is 2.19. The minimum atomic E-state index is -0.106. The molecule has 1 aromatic heterocycles. The van der Waals surface area contributed by atoms with Gasteiger partial charge >= 0.3 is 0 Å². The largest absolute Gasteiger partial charge is 0.497 e. The Bertz CT molecular complexity index is 677. The van der Waals surface area contributed by atoms with Crippen LogP contribution in [0.15, 0.2) is 40.8 Å². The second-order valence-electron chi connectivity index (χ2n) is 5.33. The number of ether oxygens (including phenoxy) is 1. The molecule has 1 aromatic carbocycles. The molecule has 0 radical (unpaired) electrons. The molecule has 0 unspecified atom stereocenters. The zero-order chi connectivity index (χ0) is 17.4. The van der Waals surface area contributed by atoms with Gasteiger partial charge < -0.3 is 19.8 Å². The number of aryl methyl sites for hydroxylation is 1. The maximum atomic E-state index is 11.7. The SMILES string of the molecule is COc1ccc(-c2ccc(CCC(=O)NCCNC(C)=O)o2)cc1. The molecule has 6 nitrogen and oxygen atoms in total. The zero-order valence-electron chi connectivity index (χ0n) is 13.9. The van der Waals surface area contributed by atoms with Crippen LogP contribution in [0, 0.1) is 0 Å². The van der Waals surface area contributed by atoms with Gasteiger partial charge in [-0.3, -0.25) is 9.59 Å². The number of hydrogen-bond acceptors (Lipinski definition) is 4. The number of methoxy groups -OCH3 is 1. The van der Waals surface area contributed by atoms with E-state index in [0.717, 1.165) is 22.8 Å². The Kier molecular flexibility index (Phi) is 6.42. The number of rotatable bonds is 8. The predicted octanol–water partition coefficient (Wildman–Crippen LogP) is 2.14. The summed E-state index contributed by atoms with van der Waals surface area (Å²) in [4.78, 5) is 22.4. The molecule has 0 bridgehead atoms. The summed E-state index contributed by atoms with van der Waals surface area (Å²) in [5.41, 5.74) is 0.960. The van der Waals surface area contributed by atoms with Crippen molar-refractivity contribution in [2.24, 2.45) is 0 Å². The number of carbonyl (C=O) groups excluding carboxylic acids is 2. The second-order valence-corrected chi connectivity index (χ2v) is 5.33. The van der Waals surface area contributed by atoms with Crippen LogP contribution in [-0.4, -0.2) is 32.0 Å². The average Bonchev–Trinajstić information content (AvgIpc) is 3.06. The lowest BCUT2D eigenvalue weighted by Gasteiger charge is -2.05. The number of nitrogens with one attached hydrogen (secondary N) is 2. The third-order valence-electron chi connectivity index (χ3n) is 3.46. The van der Waals surface area contributed by atoms with E-state index in [2.05, 4.69) is 10.6 Å². The van der Waals surface area contributed by atoms with Crippen LogP contribution in [-0.2, 0) is 16.0 Å². The fraction of sp³-hybridized carbons (Fsp3) is 0.333. The highest BCUT2D eigenvalue weighted by atomic mass is 16.5. The van der Waals surface area contributed by atoms with E-state index in [4.69, 9.17) is 9.15 Å². The molecule has 2 amide bonds. The first-order valence-corrected chi connectivity index (χ1v) is 7.83. The Labute approximate surface area is 141 Å². The minimum Gasteiger partial charge on any atom is -0.497 e. The molecule has 1 heterocycles. The summed E-state index contributed by atoms with van der Waals surface area (Å²) in [6.45, 7) is 2.30. The van der Waals surface area contributed by atoms with Crippen LogP contribution in [0.4, 0.5) is 0 Å². The summed E-state index contributed by atoms with van der Waals surface area (Å²) < 4.78 is 10.9. The first-order valence-electron chi connectivity index (χ1n) is 7.83. The fourth-order valence-electron chi connectivity index (χ4n) is 2.19. The minimum absolute atomic E-state index is 0.0669. The van der Waals surface area contributed by atoms with Crippen LogP contribution >= 0.6 is 0 Å². The Morgan fingerprint density at radius 1 is 1.04 bits per heavy atom. The summed E-state index contributed by atoms with van der Waals surface area (Å²) in [5, 5.41) is 5.37. The molecule has 128 valence electrons. The second kappa shape index (κ2) is 8.76. The van der Waals surface area contributed by atoms with Crippen LogP contribution in [0.2, 0.25) is 0 Å². The zero-order valence-corrected chi connectivity index (χ0v) is 13.9. The van der Waals surface area contributed by atoms with Gasteiger partial charge in [-0.1, -0.05) is 0 Å². The van der Waals surface area contributed by atoms with Crippen molar-refractivity contribution >= 4 is 11.8 Å². The molecule has 0 saturated carbocycles. The molecule has 0 aliphatic carbocycles. The summed E-state index contributed by atoms with van der Waals surface area (Å²) in [6.07, 6.45) is 0.873. The van der Waals surface area contributed by atoms with Crippen LogP contribution in [0.3, 0.4) is 0 Å². The molecule has 0 aliphatic heterocycles. The van der Waals surface area contributed by atoms with Crippen molar-refractivity contribution in [2.75, 3.05) is 20.2 Å². The van der Waals surface area contributed by atoms with Gasteiger partial charge in [-0.25, -0.2) is 0 Å². The quantitative estimate of drug-likeness (QED) is 0.727. The highest BCUT2D eigenvalue weighted by molar-refractivity contribution is 5.76. The van der Waals surface area contributed by atoms with E-state index < -0.39 is 0 Å². The lowest BCUT2D eigenvalue weighted by molar-refractivity contribution is -0.122. The van der Waals surface area contributed by atoms with Crippen molar-refractivity contribution in [3.8, 4) is 17.1 Å². The standard InChI is InChI=1S/C18H22N2O4/c1-13(21)19-11-12-20-18(22)10-8-16-7-9-17(24-16)14-3-5-15(23-2)6-4-14/h3-7,9H,8,10-12H2,1-2H3,(H,19,21)(H,20,22). The monoisotopic (exact) mass is 330 g/mol. The third kappa shape index (κ3) is 5.46. The molecule has 2 N–H and O–H groups in total. The number of carbonyl (C=O) groups is 2. The summed E-state index contributed by atoms with van der Waals surface area (Å²) >= 11 is 0. The first kappa shape index (κ1) is 17.6. The molecule has 6 heteroatoms. The molecule has 2 rings (SSSR count). The van der Waals surface area contributed by atoms with Gasteiger partial charge in [-0.15, -0.1) is 0 Å². The third-order valence-corrected chi connectivity index (χ3v) is 3.46. The number of furan rings is 1. The highest BCUT2D eigenvalue weighted by Crippen LogP contribution is 2.24. The predicted molar refractivity (Wildman–Crippen MR) is 90.7 cm³/mol. The Morgan fingerprint density at radius 3 is 2.42 bits per heavy atom. The summed E-state index contributed by atoms with van der Waals surface area (Å²) in [7, 11) is 1.63. The number of benzene rings is 1. The molecule has 0 spiro atoms. The van der Waals surface area contributed by atoms with Gasteiger partial charge in [0.1, 0.15) is 17.3 Å². The molecular weight excluding hydrogens is 308 g/mol. The van der Waals surface area contributed by atoms with Gasteiger partial charge in [0.2, 0.25) is 11.8 Å². The van der Waals surface area contributed by atoms with Crippen LogP contribution in [0.5, 0.6) is 5.75 Å². The topological polar surface area (TPSA) is 80.6 Å². The van der Waals surface area contributed by atoms with Gasteiger partial charge in [0, 0.05) is 38.4 Å². The van der Waals surface area contributed by atoms with Crippen molar-refractivity contribution in [3.63, 3.8) is 0 Å². The number of amides is 2. The van der Waals surface area contributed by atoms with Gasteiger partial charge in [-0.05, 0) is 36.4 Å². The lowest BCUT2D eigenvalue weighted by atomic mass is 10.2. The van der Waals surface area contributed by atoms with Crippen LogP contribution < -0.4 is 15.4 Å². The Hall–Kier alpha value is -2.76. The van der Waals surface area contributed by atoms with Gasteiger partial charge in [-0.2, -0.15) is 0 Å². The van der Waals surface area contributed by atoms with Gasteiger partial charge in [0.15, 0.2) is 0 Å². The summed E-state index contributed by atoms with van der Waals surface area (Å²) in [5.74, 6) is 2.15. The van der Waals surface area contributed by atoms with E-state index >= 15 is 0 Å². The van der Waals surface area contributed by atoms with Crippen molar-refractivity contribution < 1.29 is 18.7 Å². The Balaban J connectivity index is 1.78. The van der Waals surface area contributed by atoms with E-state index in [1.165, 1.54) is 6.92 Å². The van der Waals surface area contributed by atoms with E-state index in [9.17, 15) is 9.59 Å². The maximum Gasteiger partial charge on any atom is 0.220 e. The van der Waals surface area contributed by atoms with Gasteiger partial charge in [0.25, 0.3) is 0 Å². The molecule has 0 fully saturated rings. The average molecular weight is 330 g/mol. The van der Waals surface area contributed by atoms with Crippen molar-refractivity contribution in [2.45, 2.75) is 19.8 Å². The molecule has 2 aromatic rings. The van der Waals surface area contributed by atoms with E-state index in [0.29, 0.717) is 25.9 Å². The van der Waals surface area contributed by atoms with Crippen molar-refractivity contribution in [1.29, 1.82) is 0 Å². The first-order chi connectivity index (χ1) is 11.6. The van der Waals surface area contributed by atoms with Crippen LogP contribution in [0.1, 0.15) is 19.1 Å². The van der Waals surface area contributed by atoms with Gasteiger partial charge in [0.05, 0.1) is 7.11 Å². The van der Waals surface area contributed by atoms with Crippen LogP contribution in [0.25, 0.3) is 11.3 Å². The van der Waals surface area contributed by atoms with E-state index in [-0.39, 0.29) is 11.8 Å². The maximum absolute atomic E-state index is 11.7. The Morgan fingerprint density at radius 2 is 1.75 bits per heavy atom. The molecular formula is C18H22N2O4. The molecule has 0 saturated heterocycles. The smallest absolute Gasteiger partial charge is 0.220 e. The van der Waals surface area contributed by atoms with E-state index in [1.54, 1.807) is 7.11 Å². The summed E-state index contributed by atoms with van der Waals surface area (Å²) in [6, 6.07) is 11.4. The molecule has 24 heavy (non-hydrogen) atoms. The molecule has 0 atom stereocenters. The van der Waals surface area contributed by atoms with Crippen molar-refractivity contribution in [3.05, 3.63) is 42.2 Å². The lowest BCUT2D eigenvalue weighted by Crippen LogP contribution is -2.33. The van der Waals surface area contributed by atoms with Crippen molar-refractivity contribution in [1.82, 2.24) is 10.6 Å². The highest BCUT2D eigenvalue weighted by Gasteiger charge is 2.08. The van der Waals surface area contributed by atoms with E-state index in [1.807, 2.05) is 36.4 Å². The molecule has 0 aliphatic rings.